The second-order valence-corrected chi connectivity index (χ2v) is 12.7. The van der Waals surface area contributed by atoms with E-state index in [1.807, 2.05) is 12.1 Å². The lowest BCUT2D eigenvalue weighted by Gasteiger charge is -2.29. The van der Waals surface area contributed by atoms with Gasteiger partial charge in [0.25, 0.3) is 6.43 Å². The van der Waals surface area contributed by atoms with Crippen LogP contribution in [-0.2, 0) is 6.11 Å². The highest BCUT2D eigenvalue weighted by Crippen LogP contribution is 2.41. The minimum Gasteiger partial charge on any atom is -0.459 e. The zero-order chi connectivity index (χ0) is 34.4. The predicted octanol–water partition coefficient (Wildman–Crippen LogP) is 12.2. The first-order valence-electron chi connectivity index (χ1n) is 16.4. The molecule has 0 bridgehead atoms. The van der Waals surface area contributed by atoms with Gasteiger partial charge in [-0.2, -0.15) is 8.78 Å². The van der Waals surface area contributed by atoms with Gasteiger partial charge in [-0.3, -0.25) is 0 Å². The van der Waals surface area contributed by atoms with Crippen LogP contribution in [0.2, 0.25) is 0 Å². The zero-order valence-electron chi connectivity index (χ0n) is 26.5. The van der Waals surface area contributed by atoms with Gasteiger partial charge in [0.1, 0.15) is 22.9 Å². The number of alkyl halides is 4. The number of hydrogen-bond donors (Lipinski definition) is 0. The van der Waals surface area contributed by atoms with Gasteiger partial charge in [0.15, 0.2) is 17.4 Å². The summed E-state index contributed by atoms with van der Waals surface area (Å²) >= 11 is 0. The predicted molar refractivity (Wildman–Crippen MR) is 168 cm³/mol. The Labute approximate surface area is 275 Å². The summed E-state index contributed by atoms with van der Waals surface area (Å²) in [6, 6.07) is 9.21. The Balaban J connectivity index is 1.21. The van der Waals surface area contributed by atoms with Crippen LogP contribution in [0.1, 0.15) is 81.8 Å². The number of benzene rings is 3. The van der Waals surface area contributed by atoms with E-state index in [0.717, 1.165) is 49.3 Å². The quantitative estimate of drug-likeness (QED) is 0.114. The van der Waals surface area contributed by atoms with Crippen LogP contribution < -0.4 is 9.47 Å². The molecular formula is C38H38F8O2. The molecule has 48 heavy (non-hydrogen) atoms. The van der Waals surface area contributed by atoms with E-state index < -0.39 is 52.9 Å². The molecule has 0 heterocycles. The van der Waals surface area contributed by atoms with Gasteiger partial charge < -0.3 is 9.47 Å². The first kappa shape index (κ1) is 35.5. The van der Waals surface area contributed by atoms with Crippen LogP contribution in [0.4, 0.5) is 35.1 Å². The van der Waals surface area contributed by atoms with E-state index in [9.17, 15) is 26.3 Å². The van der Waals surface area contributed by atoms with Crippen LogP contribution in [0.25, 0.3) is 11.1 Å². The summed E-state index contributed by atoms with van der Waals surface area (Å²) in [7, 11) is 0. The molecule has 0 atom stereocenters. The lowest BCUT2D eigenvalue weighted by atomic mass is 9.77. The molecular weight excluding hydrogens is 640 g/mol. The fraction of sp³-hybridized carbons (Fsp3) is 0.421. The van der Waals surface area contributed by atoms with Crippen LogP contribution in [0.3, 0.4) is 0 Å². The third-order valence-corrected chi connectivity index (χ3v) is 9.57. The molecule has 0 aromatic heterocycles. The fourth-order valence-electron chi connectivity index (χ4n) is 6.79. The van der Waals surface area contributed by atoms with Crippen LogP contribution in [-0.4, -0.2) is 6.43 Å². The summed E-state index contributed by atoms with van der Waals surface area (Å²) in [5.41, 5.74) is -0.198. The Bertz CT molecular complexity index is 1540. The Kier molecular flexibility index (Phi) is 11.5. The summed E-state index contributed by atoms with van der Waals surface area (Å²) < 4.78 is 121. The number of allylic oxidation sites excluding steroid dienone is 3. The van der Waals surface area contributed by atoms with E-state index in [-0.39, 0.29) is 23.8 Å². The molecule has 2 nitrogen and oxygen atoms in total. The van der Waals surface area contributed by atoms with Crippen molar-refractivity contribution < 1.29 is 44.6 Å². The maximum atomic E-state index is 15.0. The van der Waals surface area contributed by atoms with Gasteiger partial charge in [0.2, 0.25) is 0 Å². The van der Waals surface area contributed by atoms with Crippen molar-refractivity contribution in [3.8, 4) is 22.6 Å². The van der Waals surface area contributed by atoms with E-state index in [1.165, 1.54) is 32.1 Å². The Hall–Kier alpha value is -3.82. The summed E-state index contributed by atoms with van der Waals surface area (Å²) in [4.78, 5) is 0. The fourth-order valence-corrected chi connectivity index (χ4v) is 6.79. The standard InChI is InChI=1S/C38H38F8O2/c1-2-23-3-5-24(6-4-23)7-8-25-9-11-26(12-10-25)27-13-15-28(16-14-27)29-19-31(39)36(32(40)20-29)38(45,46)48-30-21-33(41)37(34(42)22-30)47-18-17-35(43)44/h7-8,13-26,35H,2-6,9-12H2,1H3/b8-7+,18-17+. The van der Waals surface area contributed by atoms with Crippen molar-refractivity contribution in [2.45, 2.75) is 83.2 Å². The Morgan fingerprint density at radius 2 is 1.27 bits per heavy atom. The van der Waals surface area contributed by atoms with Gasteiger partial charge in [-0.15, -0.1) is 0 Å². The minimum atomic E-state index is -4.67. The lowest BCUT2D eigenvalue weighted by molar-refractivity contribution is -0.189. The van der Waals surface area contributed by atoms with Gasteiger partial charge in [0.05, 0.1) is 6.26 Å². The van der Waals surface area contributed by atoms with Gasteiger partial charge in [-0.25, -0.2) is 26.3 Å². The van der Waals surface area contributed by atoms with Crippen LogP contribution in [0, 0.1) is 41.0 Å². The minimum absolute atomic E-state index is 0.0216. The zero-order valence-corrected chi connectivity index (χ0v) is 26.5. The number of ether oxygens (including phenoxy) is 2. The molecule has 2 saturated carbocycles. The summed E-state index contributed by atoms with van der Waals surface area (Å²) in [6.07, 6.45) is 8.48. The molecule has 2 aliphatic rings. The molecule has 2 aliphatic carbocycles. The highest BCUT2D eigenvalue weighted by molar-refractivity contribution is 5.64. The van der Waals surface area contributed by atoms with Crippen LogP contribution >= 0.6 is 0 Å². The first-order valence-corrected chi connectivity index (χ1v) is 16.4. The molecule has 0 spiro atoms. The van der Waals surface area contributed by atoms with Crippen molar-refractivity contribution in [2.75, 3.05) is 0 Å². The van der Waals surface area contributed by atoms with E-state index >= 15 is 8.78 Å². The van der Waals surface area contributed by atoms with Crippen LogP contribution in [0.15, 0.2) is 73.0 Å². The van der Waals surface area contributed by atoms with E-state index in [1.54, 1.807) is 12.1 Å². The van der Waals surface area contributed by atoms with Gasteiger partial charge >= 0.3 is 6.11 Å². The normalized spacial score (nSPS) is 22.1. The highest BCUT2D eigenvalue weighted by Gasteiger charge is 2.41. The van der Waals surface area contributed by atoms with Crippen molar-refractivity contribution in [1.82, 2.24) is 0 Å². The average molecular weight is 679 g/mol. The topological polar surface area (TPSA) is 18.5 Å². The van der Waals surface area contributed by atoms with Crippen molar-refractivity contribution >= 4 is 0 Å². The molecule has 0 saturated heterocycles. The molecule has 0 aliphatic heterocycles. The molecule has 0 radical (unpaired) electrons. The number of rotatable bonds is 11. The summed E-state index contributed by atoms with van der Waals surface area (Å²) in [6.45, 7) is 2.27. The smallest absolute Gasteiger partial charge is 0.432 e. The monoisotopic (exact) mass is 678 g/mol. The Morgan fingerprint density at radius 1 is 0.729 bits per heavy atom. The largest absolute Gasteiger partial charge is 0.459 e. The number of hydrogen-bond acceptors (Lipinski definition) is 2. The van der Waals surface area contributed by atoms with Crippen LogP contribution in [0.5, 0.6) is 11.5 Å². The van der Waals surface area contributed by atoms with E-state index in [4.69, 9.17) is 0 Å². The second kappa shape index (κ2) is 15.6. The molecule has 0 amide bonds. The molecule has 5 rings (SSSR count). The van der Waals surface area contributed by atoms with Gasteiger partial charge in [-0.1, -0.05) is 49.8 Å². The van der Waals surface area contributed by atoms with Gasteiger partial charge in [0, 0.05) is 18.2 Å². The van der Waals surface area contributed by atoms with E-state index in [2.05, 4.69) is 28.5 Å². The SMILES string of the molecule is CCC1CCC(/C=C/C2CCC(c3ccc(-c4cc(F)c(C(F)(F)Oc5cc(F)c(O/C=C/C(F)F)c(F)c5)c(F)c4)cc3)CC2)CC1. The average Bonchev–Trinajstić information content (AvgIpc) is 3.05. The molecule has 0 unspecified atom stereocenters. The molecule has 258 valence electrons. The second-order valence-electron chi connectivity index (χ2n) is 12.7. The molecule has 3 aromatic rings. The molecule has 0 N–H and O–H groups in total. The number of halogens is 8. The van der Waals surface area contributed by atoms with Crippen molar-refractivity contribution in [3.05, 3.63) is 107 Å². The molecule has 2 fully saturated rings. The molecule has 3 aromatic carbocycles. The van der Waals surface area contributed by atoms with Crippen molar-refractivity contribution in [2.24, 2.45) is 17.8 Å². The molecule has 10 heteroatoms. The third kappa shape index (κ3) is 8.80. The van der Waals surface area contributed by atoms with E-state index in [0.29, 0.717) is 29.6 Å². The Morgan fingerprint density at radius 3 is 1.79 bits per heavy atom. The van der Waals surface area contributed by atoms with Crippen molar-refractivity contribution in [3.63, 3.8) is 0 Å². The maximum Gasteiger partial charge on any atom is 0.432 e. The van der Waals surface area contributed by atoms with Crippen molar-refractivity contribution in [1.29, 1.82) is 0 Å². The summed E-state index contributed by atoms with van der Waals surface area (Å²) in [5, 5.41) is 0. The third-order valence-electron chi connectivity index (χ3n) is 9.57. The maximum absolute atomic E-state index is 15.0. The first-order chi connectivity index (χ1) is 22.9. The lowest BCUT2D eigenvalue weighted by Crippen LogP contribution is -2.25. The van der Waals surface area contributed by atoms with Gasteiger partial charge in [-0.05, 0) is 104 Å². The highest BCUT2D eigenvalue weighted by atomic mass is 19.3. The summed E-state index contributed by atoms with van der Waals surface area (Å²) in [5.74, 6) is -6.14.